The number of fused-ring (bicyclic) bond motifs is 7. The van der Waals surface area contributed by atoms with E-state index in [-0.39, 0.29) is 30.6 Å². The molecule has 2 saturated carbocycles. The number of aliphatic carboxylic acids is 1. The summed E-state index contributed by atoms with van der Waals surface area (Å²) in [6.45, 7) is 4.14. The van der Waals surface area contributed by atoms with E-state index in [0.29, 0.717) is 19.5 Å². The van der Waals surface area contributed by atoms with Gasteiger partial charge in [-0.2, -0.15) is 5.06 Å². The van der Waals surface area contributed by atoms with Gasteiger partial charge in [0.25, 0.3) is 0 Å². The van der Waals surface area contributed by atoms with E-state index in [9.17, 15) is 19.8 Å². The number of hydroxylamine groups is 2. The first-order valence-corrected chi connectivity index (χ1v) is 13.0. The van der Waals surface area contributed by atoms with E-state index in [1.54, 1.807) is 30.2 Å². The van der Waals surface area contributed by atoms with Crippen molar-refractivity contribution < 1.29 is 33.4 Å². The lowest BCUT2D eigenvalue weighted by molar-refractivity contribution is -0.273. The second-order valence-corrected chi connectivity index (χ2v) is 12.4. The van der Waals surface area contributed by atoms with E-state index >= 15 is 8.78 Å². The maximum absolute atomic E-state index is 17.3. The molecule has 8 atom stereocenters. The average molecular weight is 506 g/mol. The van der Waals surface area contributed by atoms with E-state index in [0.717, 1.165) is 4.88 Å². The molecule has 2 heterocycles. The van der Waals surface area contributed by atoms with Gasteiger partial charge < -0.3 is 10.2 Å². The van der Waals surface area contributed by atoms with Crippen LogP contribution in [0.1, 0.15) is 44.4 Å². The fraction of sp³-hybridized carbons (Fsp3) is 0.615. The van der Waals surface area contributed by atoms with Crippen molar-refractivity contribution in [3.05, 3.63) is 45.9 Å². The van der Waals surface area contributed by atoms with Crippen LogP contribution >= 0.6 is 11.3 Å². The van der Waals surface area contributed by atoms with Crippen LogP contribution in [0.2, 0.25) is 0 Å². The zero-order valence-corrected chi connectivity index (χ0v) is 20.5. The summed E-state index contributed by atoms with van der Waals surface area (Å²) >= 11 is 1.56. The second kappa shape index (κ2) is 7.31. The summed E-state index contributed by atoms with van der Waals surface area (Å²) in [5.41, 5.74) is -6.30. The number of allylic oxidation sites excluding steroid dienone is 4. The predicted molar refractivity (Wildman–Crippen MR) is 123 cm³/mol. The number of carbonyl (C=O) groups excluding carboxylic acids is 1. The summed E-state index contributed by atoms with van der Waals surface area (Å²) in [6.07, 6.45) is 0.961. The van der Waals surface area contributed by atoms with Crippen LogP contribution in [-0.2, 0) is 21.0 Å². The summed E-state index contributed by atoms with van der Waals surface area (Å²) in [4.78, 5) is 32.2. The second-order valence-electron chi connectivity index (χ2n) is 11.4. The van der Waals surface area contributed by atoms with Crippen LogP contribution in [0, 0.1) is 28.6 Å². The van der Waals surface area contributed by atoms with E-state index in [1.807, 2.05) is 17.5 Å². The number of nitrogens with zero attached hydrogens (tertiary/aromatic N) is 1. The lowest BCUT2D eigenvalue weighted by Gasteiger charge is -2.62. The highest BCUT2D eigenvalue weighted by molar-refractivity contribution is 7.09. The summed E-state index contributed by atoms with van der Waals surface area (Å²) < 4.78 is 32.8. The molecule has 1 aromatic rings. The average Bonchev–Trinajstić information content (AvgIpc) is 3.48. The largest absolute Gasteiger partial charge is 0.479 e. The molecule has 0 amide bonds. The first-order valence-electron chi connectivity index (χ1n) is 12.1. The van der Waals surface area contributed by atoms with Crippen molar-refractivity contribution in [2.24, 2.45) is 28.6 Å². The number of ketones is 1. The third-order valence-electron chi connectivity index (χ3n) is 9.94. The minimum Gasteiger partial charge on any atom is -0.479 e. The van der Waals surface area contributed by atoms with Crippen LogP contribution < -0.4 is 0 Å². The number of aliphatic hydroxyl groups is 1. The van der Waals surface area contributed by atoms with Gasteiger partial charge in [-0.15, -0.1) is 11.3 Å². The fourth-order valence-electron chi connectivity index (χ4n) is 8.33. The summed E-state index contributed by atoms with van der Waals surface area (Å²) in [5, 5.41) is 25.6. The molecule has 1 saturated heterocycles. The minimum atomic E-state index is -2.21. The van der Waals surface area contributed by atoms with Crippen molar-refractivity contribution in [3.63, 3.8) is 0 Å². The highest BCUT2D eigenvalue weighted by atomic mass is 32.1. The monoisotopic (exact) mass is 505 g/mol. The zero-order chi connectivity index (χ0) is 25.0. The molecule has 0 aromatic carbocycles. The molecule has 0 radical (unpaired) electrons. The van der Waals surface area contributed by atoms with Gasteiger partial charge in [0.05, 0.1) is 12.6 Å². The van der Waals surface area contributed by atoms with Crippen LogP contribution in [-0.4, -0.2) is 50.9 Å². The SMILES string of the molecule is C[C@]12C=CC(=O)CC1=C(F)C[C@H]1[C@@H]3C[C@H]4CN(Cc5cccs5)O[C@@]4(C(=O)O)[C@@]3(C)C[C@H](O)[C@@]12F. The number of carboxylic acids is 1. The molecular formula is C26H29F2NO5S. The van der Waals surface area contributed by atoms with Crippen LogP contribution in [0.5, 0.6) is 0 Å². The number of halogens is 2. The van der Waals surface area contributed by atoms with Gasteiger partial charge >= 0.3 is 5.97 Å². The fourth-order valence-corrected chi connectivity index (χ4v) is 9.03. The Morgan fingerprint density at radius 1 is 1.34 bits per heavy atom. The van der Waals surface area contributed by atoms with E-state index in [4.69, 9.17) is 4.84 Å². The van der Waals surface area contributed by atoms with Crippen molar-refractivity contribution in [1.29, 1.82) is 0 Å². The van der Waals surface area contributed by atoms with Gasteiger partial charge in [-0.3, -0.25) is 9.63 Å². The van der Waals surface area contributed by atoms with E-state index in [1.165, 1.54) is 12.2 Å². The molecule has 6 nitrogen and oxygen atoms in total. The maximum Gasteiger partial charge on any atom is 0.339 e. The molecule has 2 N–H and O–H groups in total. The Labute approximate surface area is 206 Å². The highest BCUT2D eigenvalue weighted by Crippen LogP contribution is 2.72. The van der Waals surface area contributed by atoms with E-state index in [2.05, 4.69) is 0 Å². The number of thiophene rings is 1. The van der Waals surface area contributed by atoms with Crippen molar-refractivity contribution in [2.75, 3.05) is 6.54 Å². The standard InChI is InChI=1S/C26H29F2NO5S/c1-23-6-5-15(30)9-19(23)20(27)10-18-17-8-14-12-29(13-16-4-3-7-35-16)34-26(14,22(32)33)24(17,2)11-21(31)25(18,23)28/h3-7,14,17-18,21,31H,8-13H2,1-2H3,(H,32,33)/t14-,17-,18-,21-,23-,24-,25-,26-/m0/s1. The summed E-state index contributed by atoms with van der Waals surface area (Å²) in [5.74, 6) is -3.78. The topological polar surface area (TPSA) is 87.1 Å². The Morgan fingerprint density at radius 2 is 2.11 bits per heavy atom. The third kappa shape index (κ3) is 2.73. The summed E-state index contributed by atoms with van der Waals surface area (Å²) in [7, 11) is 0. The molecule has 0 spiro atoms. The molecule has 6 rings (SSSR count). The van der Waals surface area contributed by atoms with Gasteiger partial charge in [-0.1, -0.05) is 19.1 Å². The molecule has 9 heteroatoms. The van der Waals surface area contributed by atoms with Crippen molar-refractivity contribution in [2.45, 2.75) is 63.4 Å². The Morgan fingerprint density at radius 3 is 2.80 bits per heavy atom. The van der Waals surface area contributed by atoms with Crippen LogP contribution in [0.15, 0.2) is 41.1 Å². The molecule has 1 aromatic heterocycles. The smallest absolute Gasteiger partial charge is 0.339 e. The number of hydrogen-bond acceptors (Lipinski definition) is 6. The molecule has 35 heavy (non-hydrogen) atoms. The Kier molecular flexibility index (Phi) is 4.90. The normalized spacial score (nSPS) is 46.8. The number of rotatable bonds is 3. The van der Waals surface area contributed by atoms with Gasteiger partial charge in [-0.05, 0) is 48.8 Å². The number of aliphatic hydroxyl groups excluding tert-OH is 1. The lowest BCUT2D eigenvalue weighted by Crippen LogP contribution is -2.69. The first-order chi connectivity index (χ1) is 16.5. The zero-order valence-electron chi connectivity index (χ0n) is 19.7. The highest BCUT2D eigenvalue weighted by Gasteiger charge is 2.79. The Balaban J connectivity index is 1.42. The first kappa shape index (κ1) is 23.5. The molecular weight excluding hydrogens is 476 g/mol. The van der Waals surface area contributed by atoms with Gasteiger partial charge in [-0.25, -0.2) is 13.6 Å². The van der Waals surface area contributed by atoms with Crippen LogP contribution in [0.25, 0.3) is 0 Å². The number of carboxylic acid groups (broad SMARTS) is 1. The van der Waals surface area contributed by atoms with Crippen molar-refractivity contribution >= 4 is 23.1 Å². The molecule has 0 bridgehead atoms. The predicted octanol–water partition coefficient (Wildman–Crippen LogP) is 4.21. The Hall–Kier alpha value is -1.94. The lowest BCUT2D eigenvalue weighted by atomic mass is 9.45. The molecule has 188 valence electrons. The molecule has 3 fully saturated rings. The van der Waals surface area contributed by atoms with Crippen LogP contribution in [0.3, 0.4) is 0 Å². The molecule has 1 aliphatic heterocycles. The third-order valence-corrected chi connectivity index (χ3v) is 10.8. The van der Waals surface area contributed by atoms with Crippen LogP contribution in [0.4, 0.5) is 8.78 Å². The van der Waals surface area contributed by atoms with Gasteiger partial charge in [0, 0.05) is 46.9 Å². The van der Waals surface area contributed by atoms with Crippen molar-refractivity contribution in [1.82, 2.24) is 5.06 Å². The molecule has 0 unspecified atom stereocenters. The maximum atomic E-state index is 17.3. The number of alkyl halides is 1. The number of hydrogen-bond donors (Lipinski definition) is 2. The Bertz CT molecular complexity index is 1170. The van der Waals surface area contributed by atoms with Gasteiger partial charge in [0.1, 0.15) is 5.83 Å². The van der Waals surface area contributed by atoms with E-state index < -0.39 is 57.8 Å². The number of carbonyl (C=O) groups is 2. The summed E-state index contributed by atoms with van der Waals surface area (Å²) in [6, 6.07) is 3.88. The van der Waals surface area contributed by atoms with Crippen molar-refractivity contribution in [3.8, 4) is 0 Å². The minimum absolute atomic E-state index is 0.107. The van der Waals surface area contributed by atoms with Gasteiger partial charge in [0.15, 0.2) is 17.1 Å². The molecule has 4 aliphatic carbocycles. The molecule has 5 aliphatic rings. The quantitative estimate of drug-likeness (QED) is 0.640. The van der Waals surface area contributed by atoms with Gasteiger partial charge in [0.2, 0.25) is 0 Å².